The number of benzene rings is 2. The Labute approximate surface area is 146 Å². The van der Waals surface area contributed by atoms with Crippen molar-refractivity contribution in [3.8, 4) is 0 Å². The van der Waals surface area contributed by atoms with Crippen LogP contribution in [-0.2, 0) is 0 Å². The van der Waals surface area contributed by atoms with Gasteiger partial charge in [-0.1, -0.05) is 18.2 Å². The number of nitrogens with zero attached hydrogens (tertiary/aromatic N) is 2. The van der Waals surface area contributed by atoms with Gasteiger partial charge in [0.05, 0.1) is 6.10 Å². The molecule has 0 radical (unpaired) electrons. The normalized spacial score (nSPS) is 17.1. The Morgan fingerprint density at radius 3 is 2.48 bits per heavy atom. The van der Waals surface area contributed by atoms with Crippen molar-refractivity contribution >= 4 is 16.6 Å². The second-order valence-corrected chi connectivity index (χ2v) is 6.57. The number of aliphatic hydroxyl groups excluding tert-OH is 1. The molecule has 5 heteroatoms. The van der Waals surface area contributed by atoms with Crippen molar-refractivity contribution in [2.45, 2.75) is 6.10 Å². The Morgan fingerprint density at radius 2 is 1.72 bits per heavy atom. The number of aromatic nitrogens is 1. The topological polar surface area (TPSA) is 42.5 Å². The predicted octanol–water partition coefficient (Wildman–Crippen LogP) is 3.16. The Kier molecular flexibility index (Phi) is 4.42. The van der Waals surface area contributed by atoms with E-state index >= 15 is 0 Å². The van der Waals surface area contributed by atoms with E-state index in [0.717, 1.165) is 48.3 Å². The summed E-state index contributed by atoms with van der Waals surface area (Å²) in [5, 5.41) is 11.7. The first-order chi connectivity index (χ1) is 12.2. The highest BCUT2D eigenvalue weighted by Crippen LogP contribution is 2.25. The summed E-state index contributed by atoms with van der Waals surface area (Å²) >= 11 is 0. The maximum atomic E-state index is 13.0. The lowest BCUT2D eigenvalue weighted by Gasteiger charge is -2.36. The van der Waals surface area contributed by atoms with Crippen molar-refractivity contribution in [2.24, 2.45) is 0 Å². The highest BCUT2D eigenvalue weighted by atomic mass is 19.1. The van der Waals surface area contributed by atoms with Crippen molar-refractivity contribution in [3.05, 3.63) is 66.1 Å². The van der Waals surface area contributed by atoms with E-state index in [1.807, 2.05) is 42.6 Å². The molecule has 1 saturated heterocycles. The van der Waals surface area contributed by atoms with Gasteiger partial charge in [0.15, 0.2) is 0 Å². The van der Waals surface area contributed by atoms with E-state index < -0.39 is 6.10 Å². The van der Waals surface area contributed by atoms with E-state index in [9.17, 15) is 9.50 Å². The molecule has 2 N–H and O–H groups in total. The van der Waals surface area contributed by atoms with Gasteiger partial charge in [-0.05, 0) is 30.3 Å². The molecule has 2 heterocycles. The molecule has 25 heavy (non-hydrogen) atoms. The van der Waals surface area contributed by atoms with Crippen molar-refractivity contribution < 1.29 is 9.50 Å². The Hall–Kier alpha value is -2.37. The number of halogens is 1. The summed E-state index contributed by atoms with van der Waals surface area (Å²) in [6.45, 7) is 4.16. The summed E-state index contributed by atoms with van der Waals surface area (Å²) in [5.41, 5.74) is 3.06. The first-order valence-electron chi connectivity index (χ1n) is 8.67. The lowest BCUT2D eigenvalue weighted by Crippen LogP contribution is -2.47. The molecule has 130 valence electrons. The minimum atomic E-state index is -0.506. The van der Waals surface area contributed by atoms with Crippen LogP contribution < -0.4 is 4.90 Å². The Morgan fingerprint density at radius 1 is 1.00 bits per heavy atom. The fraction of sp³-hybridized carbons (Fsp3) is 0.300. The number of para-hydroxylation sites is 1. The van der Waals surface area contributed by atoms with Gasteiger partial charge >= 0.3 is 0 Å². The maximum absolute atomic E-state index is 13.0. The summed E-state index contributed by atoms with van der Waals surface area (Å²) in [4.78, 5) is 7.76. The number of H-pyrrole nitrogens is 1. The van der Waals surface area contributed by atoms with Crippen molar-refractivity contribution in [2.75, 3.05) is 37.6 Å². The van der Waals surface area contributed by atoms with Crippen LogP contribution in [0.25, 0.3) is 10.9 Å². The summed E-state index contributed by atoms with van der Waals surface area (Å²) in [7, 11) is 0. The fourth-order valence-corrected chi connectivity index (χ4v) is 3.55. The average molecular weight is 339 g/mol. The van der Waals surface area contributed by atoms with Crippen molar-refractivity contribution in [1.82, 2.24) is 9.88 Å². The van der Waals surface area contributed by atoms with Gasteiger partial charge in [-0.3, -0.25) is 4.90 Å². The number of hydrogen-bond donors (Lipinski definition) is 2. The maximum Gasteiger partial charge on any atom is 0.123 e. The van der Waals surface area contributed by atoms with Gasteiger partial charge < -0.3 is 15.0 Å². The number of β-amino-alcohol motifs (C(OH)–C–C–N with tert-alkyl or cyclic N) is 1. The molecule has 4 nitrogen and oxygen atoms in total. The summed E-state index contributed by atoms with van der Waals surface area (Å²) in [5.74, 6) is -0.204. The highest BCUT2D eigenvalue weighted by Gasteiger charge is 2.21. The molecular formula is C20H22FN3O. The van der Waals surface area contributed by atoms with Gasteiger partial charge in [0, 0.05) is 61.1 Å². The largest absolute Gasteiger partial charge is 0.387 e. The zero-order chi connectivity index (χ0) is 17.2. The average Bonchev–Trinajstić information content (AvgIpc) is 3.07. The second kappa shape index (κ2) is 6.86. The molecule has 1 atom stereocenters. The zero-order valence-electron chi connectivity index (χ0n) is 14.0. The van der Waals surface area contributed by atoms with Crippen LogP contribution in [0.3, 0.4) is 0 Å². The molecule has 1 aliphatic heterocycles. The van der Waals surface area contributed by atoms with Gasteiger partial charge in [-0.15, -0.1) is 0 Å². The van der Waals surface area contributed by atoms with E-state index in [0.29, 0.717) is 6.54 Å². The number of fused-ring (bicyclic) bond motifs is 1. The Bertz CT molecular complexity index is 838. The van der Waals surface area contributed by atoms with Crippen LogP contribution in [0.5, 0.6) is 0 Å². The number of piperazine rings is 1. The minimum absolute atomic E-state index is 0.204. The SMILES string of the molecule is O[C@H](CN1CCN(c2ccc(F)cc2)CC1)c1c[nH]c2ccccc12. The van der Waals surface area contributed by atoms with Crippen LogP contribution in [0.1, 0.15) is 11.7 Å². The van der Waals surface area contributed by atoms with E-state index in [1.54, 1.807) is 0 Å². The third-order valence-corrected chi connectivity index (χ3v) is 4.98. The summed E-state index contributed by atoms with van der Waals surface area (Å²) in [6, 6.07) is 14.7. The van der Waals surface area contributed by atoms with Crippen LogP contribution in [0.15, 0.2) is 54.7 Å². The summed E-state index contributed by atoms with van der Waals surface area (Å²) < 4.78 is 13.0. The van der Waals surface area contributed by atoms with Crippen LogP contribution >= 0.6 is 0 Å². The molecule has 3 aromatic rings. The molecule has 1 fully saturated rings. The zero-order valence-corrected chi connectivity index (χ0v) is 14.0. The second-order valence-electron chi connectivity index (χ2n) is 6.57. The lowest BCUT2D eigenvalue weighted by molar-refractivity contribution is 0.110. The number of rotatable bonds is 4. The Balaban J connectivity index is 1.37. The molecular weight excluding hydrogens is 317 g/mol. The first kappa shape index (κ1) is 16.1. The molecule has 4 rings (SSSR count). The minimum Gasteiger partial charge on any atom is -0.387 e. The molecule has 0 unspecified atom stereocenters. The molecule has 1 aliphatic rings. The van der Waals surface area contributed by atoms with Gasteiger partial charge in [-0.25, -0.2) is 4.39 Å². The van der Waals surface area contributed by atoms with E-state index in [1.165, 1.54) is 12.1 Å². The standard InChI is InChI=1S/C20H22FN3O/c21-15-5-7-16(8-6-15)24-11-9-23(10-12-24)14-20(25)18-13-22-19-4-2-1-3-17(18)19/h1-8,13,20,22,25H,9-12,14H2/t20-/m1/s1. The van der Waals surface area contributed by atoms with E-state index in [4.69, 9.17) is 0 Å². The highest BCUT2D eigenvalue weighted by molar-refractivity contribution is 5.83. The smallest absolute Gasteiger partial charge is 0.123 e. The van der Waals surface area contributed by atoms with Crippen LogP contribution in [0, 0.1) is 5.82 Å². The number of aliphatic hydroxyl groups is 1. The van der Waals surface area contributed by atoms with Gasteiger partial charge in [0.25, 0.3) is 0 Å². The number of anilines is 1. The third kappa shape index (κ3) is 3.38. The van der Waals surface area contributed by atoms with Crippen LogP contribution in [-0.4, -0.2) is 47.7 Å². The predicted molar refractivity (Wildman–Crippen MR) is 98.3 cm³/mol. The quantitative estimate of drug-likeness (QED) is 0.767. The molecule has 0 bridgehead atoms. The van der Waals surface area contributed by atoms with Gasteiger partial charge in [0.1, 0.15) is 5.82 Å². The number of nitrogens with one attached hydrogen (secondary N) is 1. The molecule has 0 spiro atoms. The lowest BCUT2D eigenvalue weighted by atomic mass is 10.1. The number of aromatic amines is 1. The fourth-order valence-electron chi connectivity index (χ4n) is 3.55. The van der Waals surface area contributed by atoms with Gasteiger partial charge in [-0.2, -0.15) is 0 Å². The number of hydrogen-bond acceptors (Lipinski definition) is 3. The molecule has 0 aliphatic carbocycles. The first-order valence-corrected chi connectivity index (χ1v) is 8.67. The molecule has 2 aromatic carbocycles. The van der Waals surface area contributed by atoms with Crippen molar-refractivity contribution in [1.29, 1.82) is 0 Å². The molecule has 1 aromatic heterocycles. The van der Waals surface area contributed by atoms with Gasteiger partial charge in [0.2, 0.25) is 0 Å². The summed E-state index contributed by atoms with van der Waals surface area (Å²) in [6.07, 6.45) is 1.40. The third-order valence-electron chi connectivity index (χ3n) is 4.98. The molecule has 0 saturated carbocycles. The van der Waals surface area contributed by atoms with Crippen LogP contribution in [0.2, 0.25) is 0 Å². The van der Waals surface area contributed by atoms with E-state index in [2.05, 4.69) is 14.8 Å². The molecule has 0 amide bonds. The monoisotopic (exact) mass is 339 g/mol. The van der Waals surface area contributed by atoms with E-state index in [-0.39, 0.29) is 5.82 Å². The van der Waals surface area contributed by atoms with Crippen LogP contribution in [0.4, 0.5) is 10.1 Å². The van der Waals surface area contributed by atoms with Crippen molar-refractivity contribution in [3.63, 3.8) is 0 Å².